The van der Waals surface area contributed by atoms with Gasteiger partial charge in [-0.1, -0.05) is 48.5 Å². The fraction of sp³-hybridized carbons (Fsp3) is 0.190. The van der Waals surface area contributed by atoms with E-state index < -0.39 is 17.8 Å². The first-order valence-corrected chi connectivity index (χ1v) is 9.62. The van der Waals surface area contributed by atoms with Crippen molar-refractivity contribution in [3.05, 3.63) is 71.7 Å². The van der Waals surface area contributed by atoms with E-state index in [1.165, 1.54) is 6.92 Å². The molecule has 2 aromatic carbocycles. The number of benzene rings is 2. The second-order valence-corrected chi connectivity index (χ2v) is 7.10. The van der Waals surface area contributed by atoms with Crippen LogP contribution < -0.4 is 5.32 Å². The van der Waals surface area contributed by atoms with Crippen molar-refractivity contribution in [3.63, 3.8) is 0 Å². The summed E-state index contributed by atoms with van der Waals surface area (Å²) in [6, 6.07) is 15.5. The van der Waals surface area contributed by atoms with Crippen LogP contribution in [0.2, 0.25) is 0 Å². The normalized spacial score (nSPS) is 11.7. The van der Waals surface area contributed by atoms with Gasteiger partial charge in [-0.2, -0.15) is 22.0 Å². The third kappa shape index (κ3) is 5.40. The number of hydrogen-bond donors (Lipinski definition) is 2. The first-order valence-electron chi connectivity index (χ1n) is 9.62. The van der Waals surface area contributed by atoms with E-state index in [1.807, 2.05) is 36.4 Å². The Balaban J connectivity index is 0.00000324. The number of nitrogens with zero attached hydrogens (tertiary/aromatic N) is 5. The molecule has 0 aliphatic rings. The number of aromatic amines is 1. The van der Waals surface area contributed by atoms with Crippen LogP contribution in [0.5, 0.6) is 0 Å². The standard InChI is InChI=1S/C21H16F5N7.Na.H/c1-12-28-17(20(22,23)21(24,25)26)10-18(29-12)27-11-13-6-8-14(9-7-13)15-4-2-3-5-16(15)19-30-32-33-31-19;;/h2-10H,11H2,1H3,(H,27,28,29)(H,30,31,32,33);;. The maximum absolute atomic E-state index is 13.7. The molecule has 0 spiro atoms. The summed E-state index contributed by atoms with van der Waals surface area (Å²) in [5, 5.41) is 16.6. The van der Waals surface area contributed by atoms with Crippen LogP contribution in [0.1, 0.15) is 17.1 Å². The summed E-state index contributed by atoms with van der Waals surface area (Å²) >= 11 is 0. The Bertz CT molecular complexity index is 1250. The number of nitrogens with one attached hydrogen (secondary N) is 2. The number of aromatic nitrogens is 6. The van der Waals surface area contributed by atoms with Gasteiger partial charge < -0.3 is 5.32 Å². The summed E-state index contributed by atoms with van der Waals surface area (Å²) in [4.78, 5) is 7.17. The summed E-state index contributed by atoms with van der Waals surface area (Å²) < 4.78 is 65.4. The predicted octanol–water partition coefficient (Wildman–Crippen LogP) is 4.25. The van der Waals surface area contributed by atoms with Gasteiger partial charge in [-0.25, -0.2) is 15.1 Å². The van der Waals surface area contributed by atoms with Crippen LogP contribution in [0.25, 0.3) is 22.5 Å². The molecule has 0 unspecified atom stereocenters. The van der Waals surface area contributed by atoms with E-state index in [2.05, 4.69) is 35.9 Å². The van der Waals surface area contributed by atoms with Crippen LogP contribution in [-0.4, -0.2) is 66.3 Å². The van der Waals surface area contributed by atoms with Gasteiger partial charge in [0.05, 0.1) is 0 Å². The Morgan fingerprint density at radius 2 is 1.59 bits per heavy atom. The van der Waals surface area contributed by atoms with Crippen molar-refractivity contribution in [2.45, 2.75) is 25.6 Å². The van der Waals surface area contributed by atoms with Gasteiger partial charge in [0.1, 0.15) is 17.3 Å². The molecule has 0 aliphatic heterocycles. The van der Waals surface area contributed by atoms with Gasteiger partial charge in [0.25, 0.3) is 0 Å². The van der Waals surface area contributed by atoms with Crippen LogP contribution in [-0.2, 0) is 12.5 Å². The van der Waals surface area contributed by atoms with E-state index in [1.54, 1.807) is 12.1 Å². The van der Waals surface area contributed by atoms with Crippen LogP contribution >= 0.6 is 0 Å². The fourth-order valence-corrected chi connectivity index (χ4v) is 3.17. The van der Waals surface area contributed by atoms with Crippen molar-refractivity contribution in [1.82, 2.24) is 30.6 Å². The van der Waals surface area contributed by atoms with Crippen LogP contribution in [0.15, 0.2) is 54.6 Å². The van der Waals surface area contributed by atoms with Crippen molar-refractivity contribution in [2.75, 3.05) is 5.32 Å². The monoisotopic (exact) mass is 485 g/mol. The summed E-state index contributed by atoms with van der Waals surface area (Å²) in [6.07, 6.45) is -5.75. The molecule has 0 amide bonds. The first-order chi connectivity index (χ1) is 15.6. The minimum atomic E-state index is -5.75. The zero-order valence-electron chi connectivity index (χ0n) is 17.0. The van der Waals surface area contributed by atoms with Crippen LogP contribution in [0.3, 0.4) is 0 Å². The van der Waals surface area contributed by atoms with Gasteiger partial charge in [-0.15, -0.1) is 5.10 Å². The third-order valence-electron chi connectivity index (χ3n) is 4.78. The van der Waals surface area contributed by atoms with Gasteiger partial charge in [-0.05, 0) is 34.0 Å². The molecule has 0 bridgehead atoms. The number of aryl methyl sites for hydroxylation is 1. The second kappa shape index (κ2) is 10.1. The summed E-state index contributed by atoms with van der Waals surface area (Å²) in [7, 11) is 0. The van der Waals surface area contributed by atoms with Gasteiger partial charge in [0.2, 0.25) is 0 Å². The number of alkyl halides is 5. The quantitative estimate of drug-likeness (QED) is 0.314. The molecule has 0 saturated heterocycles. The molecule has 172 valence electrons. The summed E-state index contributed by atoms with van der Waals surface area (Å²) in [6.45, 7) is 1.40. The van der Waals surface area contributed by atoms with E-state index in [9.17, 15) is 22.0 Å². The minimum absolute atomic E-state index is 0. The zero-order valence-corrected chi connectivity index (χ0v) is 17.0. The fourth-order valence-electron chi connectivity index (χ4n) is 3.17. The first kappa shape index (κ1) is 25.7. The van der Waals surface area contributed by atoms with Crippen molar-refractivity contribution in [1.29, 1.82) is 0 Å². The average Bonchev–Trinajstić information content (AvgIpc) is 3.32. The van der Waals surface area contributed by atoms with Crippen LogP contribution in [0, 0.1) is 6.92 Å². The van der Waals surface area contributed by atoms with E-state index in [0.717, 1.165) is 22.3 Å². The number of tetrazole rings is 1. The number of anilines is 1. The van der Waals surface area contributed by atoms with Gasteiger partial charge in [-0.3, -0.25) is 0 Å². The van der Waals surface area contributed by atoms with Gasteiger partial charge >= 0.3 is 41.7 Å². The molecule has 2 heterocycles. The molecule has 2 aromatic heterocycles. The molecular formula is C21H17F5N7Na. The SMILES string of the molecule is Cc1nc(NCc2ccc(-c3ccccc3-c3nnn[nH]3)cc2)cc(C(F)(F)C(F)(F)F)n1.[NaH]. The number of rotatable bonds is 6. The second-order valence-electron chi connectivity index (χ2n) is 7.10. The Kier molecular flexibility index (Phi) is 7.64. The number of H-pyrrole nitrogens is 1. The maximum atomic E-state index is 13.7. The van der Waals surface area contributed by atoms with Crippen molar-refractivity contribution < 1.29 is 22.0 Å². The van der Waals surface area contributed by atoms with Crippen molar-refractivity contribution in [2.24, 2.45) is 0 Å². The molecule has 4 aromatic rings. The van der Waals surface area contributed by atoms with E-state index in [-0.39, 0.29) is 47.7 Å². The molecule has 7 nitrogen and oxygen atoms in total. The topological polar surface area (TPSA) is 92.3 Å². The van der Waals surface area contributed by atoms with Crippen molar-refractivity contribution in [3.8, 4) is 22.5 Å². The molecule has 0 fully saturated rings. The average molecular weight is 485 g/mol. The molecule has 13 heteroatoms. The number of halogens is 5. The van der Waals surface area contributed by atoms with Gasteiger partial charge in [0.15, 0.2) is 5.82 Å². The molecule has 2 N–H and O–H groups in total. The predicted molar refractivity (Wildman–Crippen MR) is 116 cm³/mol. The molecule has 0 radical (unpaired) electrons. The molecule has 4 rings (SSSR count). The van der Waals surface area contributed by atoms with Crippen LogP contribution in [0.4, 0.5) is 27.8 Å². The number of hydrogen-bond acceptors (Lipinski definition) is 6. The molecule has 0 saturated carbocycles. The Labute approximate surface area is 212 Å². The molecule has 34 heavy (non-hydrogen) atoms. The van der Waals surface area contributed by atoms with Gasteiger partial charge in [0, 0.05) is 18.2 Å². The zero-order chi connectivity index (χ0) is 23.6. The Hall–Kier alpha value is -2.96. The summed E-state index contributed by atoms with van der Waals surface area (Å²) in [5.74, 6) is -4.89. The molecule has 0 atom stereocenters. The Morgan fingerprint density at radius 3 is 2.21 bits per heavy atom. The Morgan fingerprint density at radius 1 is 0.912 bits per heavy atom. The third-order valence-corrected chi connectivity index (χ3v) is 4.78. The van der Waals surface area contributed by atoms with Crippen molar-refractivity contribution >= 4 is 35.4 Å². The molecular weight excluding hydrogens is 468 g/mol. The molecule has 0 aliphatic carbocycles. The van der Waals surface area contributed by atoms with E-state index >= 15 is 0 Å². The summed E-state index contributed by atoms with van der Waals surface area (Å²) in [5.41, 5.74) is 1.94. The van der Waals surface area contributed by atoms with E-state index in [4.69, 9.17) is 0 Å². The van der Waals surface area contributed by atoms with E-state index in [0.29, 0.717) is 11.9 Å².